The van der Waals surface area contributed by atoms with Crippen molar-refractivity contribution in [1.82, 2.24) is 19.5 Å². The normalized spacial score (nSPS) is 10.9. The third-order valence-corrected chi connectivity index (χ3v) is 5.77. The number of benzene rings is 1. The van der Waals surface area contributed by atoms with Crippen molar-refractivity contribution in [3.05, 3.63) is 112 Å². The minimum atomic E-state index is -4.74. The number of para-hydroxylation sites is 1. The van der Waals surface area contributed by atoms with Crippen molar-refractivity contribution in [2.24, 2.45) is 5.10 Å². The predicted molar refractivity (Wildman–Crippen MR) is 142 cm³/mol. The van der Waals surface area contributed by atoms with Gasteiger partial charge in [-0.25, -0.2) is 4.98 Å². The summed E-state index contributed by atoms with van der Waals surface area (Å²) in [6.07, 6.45) is -0.453. The number of rotatable bonds is 7. The molecule has 0 aliphatic rings. The molecule has 1 aromatic carbocycles. The molecule has 198 valence electrons. The van der Waals surface area contributed by atoms with E-state index in [1.807, 2.05) is 31.2 Å². The van der Waals surface area contributed by atoms with Gasteiger partial charge < -0.3 is 9.30 Å². The van der Waals surface area contributed by atoms with Crippen LogP contribution in [0.15, 0.2) is 83.6 Å². The van der Waals surface area contributed by atoms with Gasteiger partial charge >= 0.3 is 6.18 Å². The number of halogens is 4. The Morgan fingerprint density at radius 1 is 1.18 bits per heavy atom. The minimum absolute atomic E-state index is 0.00442. The monoisotopic (exact) mass is 543 g/mol. The van der Waals surface area contributed by atoms with Gasteiger partial charge in [-0.2, -0.15) is 18.3 Å². The van der Waals surface area contributed by atoms with Gasteiger partial charge in [-0.15, -0.1) is 0 Å². The maximum atomic E-state index is 13.1. The first-order valence-corrected chi connectivity index (χ1v) is 11.6. The van der Waals surface area contributed by atoms with Crippen LogP contribution in [0.25, 0.3) is 10.9 Å². The number of aryl methyl sites for hydroxylation is 1. The number of alkyl halides is 3. The van der Waals surface area contributed by atoms with Crippen molar-refractivity contribution in [3.63, 3.8) is 0 Å². The third-order valence-electron chi connectivity index (χ3n) is 5.42. The van der Waals surface area contributed by atoms with Gasteiger partial charge in [-0.05, 0) is 37.3 Å². The largest absolute Gasteiger partial charge is 0.486 e. The highest BCUT2D eigenvalue weighted by molar-refractivity contribution is 6.31. The van der Waals surface area contributed by atoms with Gasteiger partial charge in [0.25, 0.3) is 5.56 Å². The SMILES string of the molecule is C=CN(C)N=C.Cc1ccc2cccc(OCc3c(Cl)ccnc3Cn3cccc(C(F)(F)F)c3=O)c2n1. The summed E-state index contributed by atoms with van der Waals surface area (Å²) >= 11 is 6.35. The number of nitrogens with zero attached hydrogens (tertiary/aromatic N) is 5. The van der Waals surface area contributed by atoms with Gasteiger partial charge in [0.05, 0.1) is 17.3 Å². The Labute approximate surface area is 222 Å². The van der Waals surface area contributed by atoms with E-state index in [0.29, 0.717) is 27.5 Å². The van der Waals surface area contributed by atoms with Gasteiger partial charge in [-0.1, -0.05) is 36.4 Å². The number of hydrogen-bond acceptors (Lipinski definition) is 6. The first kappa shape index (κ1) is 28.4. The molecule has 0 fully saturated rings. The number of pyridine rings is 3. The van der Waals surface area contributed by atoms with Gasteiger partial charge in [0.15, 0.2) is 0 Å². The van der Waals surface area contributed by atoms with Crippen LogP contribution in [-0.4, -0.2) is 33.3 Å². The quantitative estimate of drug-likeness (QED) is 0.209. The van der Waals surface area contributed by atoms with E-state index in [1.165, 1.54) is 23.5 Å². The molecule has 3 heterocycles. The van der Waals surface area contributed by atoms with E-state index < -0.39 is 17.3 Å². The summed E-state index contributed by atoms with van der Waals surface area (Å²) in [5.74, 6) is 0.535. The molecule has 0 saturated heterocycles. The summed E-state index contributed by atoms with van der Waals surface area (Å²) in [5, 5.41) is 6.24. The Morgan fingerprint density at radius 2 is 1.95 bits per heavy atom. The fourth-order valence-corrected chi connectivity index (χ4v) is 3.60. The number of hydrogen-bond donors (Lipinski definition) is 0. The first-order valence-electron chi connectivity index (χ1n) is 11.2. The zero-order valence-corrected chi connectivity index (χ0v) is 21.5. The second-order valence-electron chi connectivity index (χ2n) is 8.04. The molecule has 4 aromatic rings. The van der Waals surface area contributed by atoms with Crippen LogP contribution in [0.2, 0.25) is 5.02 Å². The molecule has 7 nitrogen and oxygen atoms in total. The van der Waals surface area contributed by atoms with Crippen molar-refractivity contribution in [1.29, 1.82) is 0 Å². The van der Waals surface area contributed by atoms with E-state index in [4.69, 9.17) is 16.3 Å². The van der Waals surface area contributed by atoms with Crippen LogP contribution < -0.4 is 10.3 Å². The molecule has 11 heteroatoms. The molecule has 0 amide bonds. The molecule has 0 radical (unpaired) electrons. The molecule has 0 aliphatic carbocycles. The molecule has 0 bridgehead atoms. The number of hydrazone groups is 1. The lowest BCUT2D eigenvalue weighted by Crippen LogP contribution is -2.28. The molecule has 3 aromatic heterocycles. The summed E-state index contributed by atoms with van der Waals surface area (Å²) in [6, 6.07) is 12.8. The highest BCUT2D eigenvalue weighted by Gasteiger charge is 2.34. The molecule has 0 unspecified atom stereocenters. The first-order chi connectivity index (χ1) is 18.0. The summed E-state index contributed by atoms with van der Waals surface area (Å²) in [4.78, 5) is 21.1. The predicted octanol–water partition coefficient (Wildman–Crippen LogP) is 6.08. The molecule has 0 N–H and O–H groups in total. The van der Waals surface area contributed by atoms with Crippen molar-refractivity contribution >= 4 is 29.2 Å². The zero-order chi connectivity index (χ0) is 27.9. The van der Waals surface area contributed by atoms with E-state index in [0.717, 1.165) is 21.7 Å². The smallest absolute Gasteiger partial charge is 0.421 e. The number of fused-ring (bicyclic) bond motifs is 1. The molecule has 38 heavy (non-hydrogen) atoms. The summed E-state index contributed by atoms with van der Waals surface area (Å²) in [6.45, 7) is 8.35. The lowest BCUT2D eigenvalue weighted by Gasteiger charge is -2.15. The lowest BCUT2D eigenvalue weighted by atomic mass is 10.1. The van der Waals surface area contributed by atoms with Crippen LogP contribution >= 0.6 is 11.6 Å². The van der Waals surface area contributed by atoms with Crippen molar-refractivity contribution < 1.29 is 17.9 Å². The van der Waals surface area contributed by atoms with Crippen LogP contribution in [0.5, 0.6) is 5.75 Å². The average Bonchev–Trinajstić information content (AvgIpc) is 2.88. The van der Waals surface area contributed by atoms with E-state index >= 15 is 0 Å². The maximum absolute atomic E-state index is 13.1. The molecular weight excluding hydrogens is 519 g/mol. The van der Waals surface area contributed by atoms with Crippen molar-refractivity contribution in [2.45, 2.75) is 26.3 Å². The lowest BCUT2D eigenvalue weighted by molar-refractivity contribution is -0.138. The Morgan fingerprint density at radius 3 is 2.61 bits per heavy atom. The Balaban J connectivity index is 0.000000599. The van der Waals surface area contributed by atoms with Crippen LogP contribution in [0.1, 0.15) is 22.5 Å². The molecule has 0 atom stereocenters. The van der Waals surface area contributed by atoms with Crippen LogP contribution in [-0.2, 0) is 19.3 Å². The second kappa shape index (κ2) is 12.4. The Hall–Kier alpha value is -4.18. The van der Waals surface area contributed by atoms with Gasteiger partial charge in [-0.3, -0.25) is 14.8 Å². The van der Waals surface area contributed by atoms with Gasteiger partial charge in [0.1, 0.15) is 23.4 Å². The molecular formula is C27H25ClF3N5O2. The molecule has 0 saturated carbocycles. The topological polar surface area (TPSA) is 72.6 Å². The van der Waals surface area contributed by atoms with Crippen molar-refractivity contribution in [2.75, 3.05) is 7.05 Å². The number of ether oxygens (including phenoxy) is 1. The summed E-state index contributed by atoms with van der Waals surface area (Å²) in [7, 11) is 1.76. The average molecular weight is 544 g/mol. The number of aromatic nitrogens is 3. The Kier molecular flexibility index (Phi) is 9.25. The van der Waals surface area contributed by atoms with E-state index in [-0.39, 0.29) is 13.2 Å². The van der Waals surface area contributed by atoms with Gasteiger partial charge in [0.2, 0.25) is 0 Å². The third kappa shape index (κ3) is 6.98. The minimum Gasteiger partial charge on any atom is -0.486 e. The van der Waals surface area contributed by atoms with Crippen molar-refractivity contribution in [3.8, 4) is 5.75 Å². The van der Waals surface area contributed by atoms with Crippen LogP contribution in [0.3, 0.4) is 0 Å². The molecule has 0 aliphatic heterocycles. The van der Waals surface area contributed by atoms with Crippen LogP contribution in [0.4, 0.5) is 13.2 Å². The van der Waals surface area contributed by atoms with E-state index in [1.54, 1.807) is 25.4 Å². The second-order valence-corrected chi connectivity index (χ2v) is 8.44. The highest BCUT2D eigenvalue weighted by Crippen LogP contribution is 2.28. The van der Waals surface area contributed by atoms with E-state index in [2.05, 4.69) is 28.4 Å². The highest BCUT2D eigenvalue weighted by atomic mass is 35.5. The zero-order valence-electron chi connectivity index (χ0n) is 20.7. The van der Waals surface area contributed by atoms with Crippen LogP contribution in [0, 0.1) is 6.92 Å². The fraction of sp³-hybridized carbons (Fsp3) is 0.185. The van der Waals surface area contributed by atoms with E-state index in [9.17, 15) is 18.0 Å². The maximum Gasteiger partial charge on any atom is 0.421 e. The fourth-order valence-electron chi connectivity index (χ4n) is 3.38. The standard InChI is InChI=1S/C23H17ClF3N3O2.C4H8N2/c1-14-7-8-15-4-2-6-20(21(15)29-14)32-13-16-18(24)9-10-28-19(16)12-30-11-3-5-17(22(30)31)23(25,26)27;1-4-6(3)5-2/h2-11H,12-13H2,1H3;4H,1-2H2,3H3. The van der Waals surface area contributed by atoms with Gasteiger partial charge in [0, 0.05) is 49.0 Å². The molecule has 0 spiro atoms. The summed E-state index contributed by atoms with van der Waals surface area (Å²) < 4.78 is 46.2. The Bertz CT molecular complexity index is 1500. The summed E-state index contributed by atoms with van der Waals surface area (Å²) in [5.41, 5.74) is -0.0634. The molecule has 4 rings (SSSR count).